The van der Waals surface area contributed by atoms with Crippen molar-refractivity contribution < 1.29 is 19.4 Å². The molecule has 0 bridgehead atoms. The normalized spacial score (nSPS) is 27.3. The first kappa shape index (κ1) is 17.3. The van der Waals surface area contributed by atoms with Crippen LogP contribution >= 0.6 is 0 Å². The van der Waals surface area contributed by atoms with Gasteiger partial charge in [0, 0.05) is 12.0 Å². The topological polar surface area (TPSA) is 75.6 Å². The van der Waals surface area contributed by atoms with Crippen LogP contribution in [0.1, 0.15) is 36.3 Å². The standard InChI is InChI=1S/C23H23NO4/c25-22(26)14-9-13-11-21(19(13)10-14)24-23(27)28-12-20-17-7-3-1-5-15(17)16-6-2-4-8-18(16)20/h1-8,13-14,19-21H,9-12H2,(H,24,27)(H,25,26)/t13-,14?,19-,21+/m1/s1. The number of ether oxygens (including phenoxy) is 1. The van der Waals surface area contributed by atoms with Gasteiger partial charge in [0.25, 0.3) is 0 Å². The molecule has 5 heteroatoms. The number of carboxylic acid groups (broad SMARTS) is 1. The lowest BCUT2D eigenvalue weighted by atomic mass is 9.71. The van der Waals surface area contributed by atoms with E-state index in [9.17, 15) is 14.7 Å². The Hall–Kier alpha value is -2.82. The number of benzene rings is 2. The zero-order valence-corrected chi connectivity index (χ0v) is 15.5. The minimum absolute atomic E-state index is 0.0463. The van der Waals surface area contributed by atoms with Gasteiger partial charge < -0.3 is 15.2 Å². The number of carbonyl (C=O) groups is 2. The summed E-state index contributed by atoms with van der Waals surface area (Å²) in [4.78, 5) is 23.6. The third-order valence-electron chi connectivity index (χ3n) is 6.82. The highest BCUT2D eigenvalue weighted by molar-refractivity contribution is 5.79. The van der Waals surface area contributed by atoms with Crippen LogP contribution in [-0.2, 0) is 9.53 Å². The molecular weight excluding hydrogens is 354 g/mol. The number of rotatable bonds is 4. The number of aliphatic carboxylic acids is 1. The van der Waals surface area contributed by atoms with Crippen LogP contribution in [0.25, 0.3) is 11.1 Å². The zero-order chi connectivity index (χ0) is 19.3. The molecule has 0 spiro atoms. The Balaban J connectivity index is 1.22. The van der Waals surface area contributed by atoms with Gasteiger partial charge in [0.1, 0.15) is 6.61 Å². The van der Waals surface area contributed by atoms with Gasteiger partial charge in [-0.1, -0.05) is 48.5 Å². The molecule has 0 aromatic heterocycles. The fourth-order valence-electron chi connectivity index (χ4n) is 5.39. The molecular formula is C23H23NO4. The first-order valence-corrected chi connectivity index (χ1v) is 9.96. The van der Waals surface area contributed by atoms with Crippen molar-refractivity contribution in [2.45, 2.75) is 31.2 Å². The zero-order valence-electron chi connectivity index (χ0n) is 15.5. The molecule has 2 aromatic carbocycles. The molecule has 144 valence electrons. The predicted molar refractivity (Wildman–Crippen MR) is 104 cm³/mol. The van der Waals surface area contributed by atoms with Crippen molar-refractivity contribution in [2.24, 2.45) is 17.8 Å². The Morgan fingerprint density at radius 2 is 1.61 bits per heavy atom. The van der Waals surface area contributed by atoms with Gasteiger partial charge in [-0.15, -0.1) is 0 Å². The van der Waals surface area contributed by atoms with Crippen molar-refractivity contribution >= 4 is 12.1 Å². The number of carboxylic acids is 1. The molecule has 2 N–H and O–H groups in total. The predicted octanol–water partition coefficient (Wildman–Crippen LogP) is 4.02. The van der Waals surface area contributed by atoms with Gasteiger partial charge in [0.15, 0.2) is 0 Å². The number of amides is 1. The molecule has 3 aliphatic carbocycles. The molecule has 5 rings (SSSR count). The molecule has 5 nitrogen and oxygen atoms in total. The summed E-state index contributed by atoms with van der Waals surface area (Å²) in [5.74, 6) is -0.213. The van der Waals surface area contributed by atoms with E-state index in [4.69, 9.17) is 4.74 Å². The molecule has 2 fully saturated rings. The Morgan fingerprint density at radius 3 is 2.25 bits per heavy atom. The van der Waals surface area contributed by atoms with Crippen LogP contribution in [0, 0.1) is 17.8 Å². The largest absolute Gasteiger partial charge is 0.481 e. The highest BCUT2D eigenvalue weighted by atomic mass is 16.5. The van der Waals surface area contributed by atoms with E-state index >= 15 is 0 Å². The van der Waals surface area contributed by atoms with Crippen molar-refractivity contribution in [1.82, 2.24) is 5.32 Å². The van der Waals surface area contributed by atoms with Crippen LogP contribution < -0.4 is 5.32 Å². The van der Waals surface area contributed by atoms with Crippen LogP contribution in [0.4, 0.5) is 4.79 Å². The highest BCUT2D eigenvalue weighted by Gasteiger charge is 2.50. The fraction of sp³-hybridized carbons (Fsp3) is 0.391. The first-order chi connectivity index (χ1) is 13.6. The highest BCUT2D eigenvalue weighted by Crippen LogP contribution is 2.50. The molecule has 4 atom stereocenters. The maximum atomic E-state index is 12.4. The molecule has 0 aliphatic heterocycles. The summed E-state index contributed by atoms with van der Waals surface area (Å²) in [6, 6.07) is 16.6. The summed E-state index contributed by atoms with van der Waals surface area (Å²) >= 11 is 0. The molecule has 1 amide bonds. The van der Waals surface area contributed by atoms with Crippen molar-refractivity contribution in [3.8, 4) is 11.1 Å². The summed E-state index contributed by atoms with van der Waals surface area (Å²) < 4.78 is 5.60. The average Bonchev–Trinajstić information content (AvgIpc) is 3.20. The fourth-order valence-corrected chi connectivity index (χ4v) is 5.39. The summed E-state index contributed by atoms with van der Waals surface area (Å²) in [5, 5.41) is 12.2. The Labute approximate surface area is 163 Å². The second kappa shape index (κ2) is 6.66. The summed E-state index contributed by atoms with van der Waals surface area (Å²) in [5.41, 5.74) is 4.81. The maximum Gasteiger partial charge on any atom is 0.407 e. The lowest BCUT2D eigenvalue weighted by Crippen LogP contribution is -2.50. The third kappa shape index (κ3) is 2.77. The van der Waals surface area contributed by atoms with E-state index in [-0.39, 0.29) is 23.8 Å². The van der Waals surface area contributed by atoms with Crippen LogP contribution in [-0.4, -0.2) is 29.8 Å². The van der Waals surface area contributed by atoms with E-state index in [1.807, 2.05) is 24.3 Å². The van der Waals surface area contributed by atoms with Gasteiger partial charge in [0.2, 0.25) is 0 Å². The van der Waals surface area contributed by atoms with Crippen molar-refractivity contribution in [1.29, 1.82) is 0 Å². The number of fused-ring (bicyclic) bond motifs is 4. The van der Waals surface area contributed by atoms with Gasteiger partial charge in [-0.3, -0.25) is 4.79 Å². The molecule has 28 heavy (non-hydrogen) atoms. The summed E-state index contributed by atoms with van der Waals surface area (Å²) in [7, 11) is 0. The van der Waals surface area contributed by atoms with Gasteiger partial charge in [-0.05, 0) is 53.4 Å². The minimum Gasteiger partial charge on any atom is -0.481 e. The molecule has 0 heterocycles. The number of nitrogens with one attached hydrogen (secondary N) is 1. The number of carbonyl (C=O) groups excluding carboxylic acids is 1. The van der Waals surface area contributed by atoms with Crippen LogP contribution in [0.3, 0.4) is 0 Å². The summed E-state index contributed by atoms with van der Waals surface area (Å²) in [6.07, 6.45) is 1.86. The SMILES string of the molecule is O=C(N[C@H]1C[C@H]2CC(C(=O)O)C[C@H]21)OCC1c2ccccc2-c2ccccc21. The van der Waals surface area contributed by atoms with E-state index in [1.165, 1.54) is 22.3 Å². The third-order valence-corrected chi connectivity index (χ3v) is 6.82. The summed E-state index contributed by atoms with van der Waals surface area (Å²) in [6.45, 7) is 0.304. The van der Waals surface area contributed by atoms with Crippen LogP contribution in [0.5, 0.6) is 0 Å². The molecule has 3 aliphatic rings. The number of alkyl carbamates (subject to hydrolysis) is 1. The van der Waals surface area contributed by atoms with Gasteiger partial charge in [-0.25, -0.2) is 4.79 Å². The van der Waals surface area contributed by atoms with Crippen LogP contribution in [0.15, 0.2) is 48.5 Å². The van der Waals surface area contributed by atoms with E-state index in [0.29, 0.717) is 18.9 Å². The lowest BCUT2D eigenvalue weighted by molar-refractivity contribution is -0.141. The smallest absolute Gasteiger partial charge is 0.407 e. The molecule has 0 radical (unpaired) electrons. The second-order valence-corrected chi connectivity index (χ2v) is 8.24. The molecule has 2 aromatic rings. The van der Waals surface area contributed by atoms with E-state index in [0.717, 1.165) is 12.8 Å². The second-order valence-electron chi connectivity index (χ2n) is 8.24. The lowest BCUT2D eigenvalue weighted by Gasteiger charge is -2.40. The first-order valence-electron chi connectivity index (χ1n) is 9.96. The maximum absolute atomic E-state index is 12.4. The van der Waals surface area contributed by atoms with Gasteiger partial charge in [0.05, 0.1) is 5.92 Å². The van der Waals surface area contributed by atoms with E-state index in [2.05, 4.69) is 29.6 Å². The van der Waals surface area contributed by atoms with Gasteiger partial charge >= 0.3 is 12.1 Å². The Kier molecular flexibility index (Phi) is 4.11. The van der Waals surface area contributed by atoms with Crippen molar-refractivity contribution in [2.75, 3.05) is 6.61 Å². The number of hydrogen-bond acceptors (Lipinski definition) is 3. The number of hydrogen-bond donors (Lipinski definition) is 2. The minimum atomic E-state index is -0.714. The van der Waals surface area contributed by atoms with Crippen molar-refractivity contribution in [3.05, 3.63) is 59.7 Å². The Bertz CT molecular complexity index is 894. The molecule has 1 unspecified atom stereocenters. The van der Waals surface area contributed by atoms with Crippen molar-refractivity contribution in [3.63, 3.8) is 0 Å². The quantitative estimate of drug-likeness (QED) is 0.844. The van der Waals surface area contributed by atoms with E-state index < -0.39 is 12.1 Å². The van der Waals surface area contributed by atoms with Crippen LogP contribution in [0.2, 0.25) is 0 Å². The molecule has 0 saturated heterocycles. The average molecular weight is 377 g/mol. The monoisotopic (exact) mass is 377 g/mol. The Morgan fingerprint density at radius 1 is 0.964 bits per heavy atom. The van der Waals surface area contributed by atoms with E-state index in [1.54, 1.807) is 0 Å². The van der Waals surface area contributed by atoms with Gasteiger partial charge in [-0.2, -0.15) is 0 Å². The molecule has 2 saturated carbocycles.